The van der Waals surface area contributed by atoms with Gasteiger partial charge in [0, 0.05) is 6.07 Å². The largest absolute Gasteiger partial charge is 0.485 e. The highest BCUT2D eigenvalue weighted by Gasteiger charge is 2.06. The first kappa shape index (κ1) is 11.1. The third-order valence-corrected chi connectivity index (χ3v) is 2.77. The smallest absolute Gasteiger partial charge is 0.203 e. The molecule has 0 atom stereocenters. The minimum absolute atomic E-state index is 0.165. The molecule has 2 N–H and O–H groups in total. The molecule has 0 aliphatic carbocycles. The fourth-order valence-corrected chi connectivity index (χ4v) is 1.75. The summed E-state index contributed by atoms with van der Waals surface area (Å²) in [5, 5.41) is 8.71. The maximum atomic E-state index is 12.9. The van der Waals surface area contributed by atoms with Crippen LogP contribution >= 0.6 is 22.9 Å². The molecule has 1 aromatic heterocycles. The van der Waals surface area contributed by atoms with Gasteiger partial charge in [0.05, 0.1) is 5.02 Å². The lowest BCUT2D eigenvalue weighted by Crippen LogP contribution is -1.95. The van der Waals surface area contributed by atoms with E-state index in [1.165, 1.54) is 29.5 Å². The van der Waals surface area contributed by atoms with Crippen molar-refractivity contribution in [1.82, 2.24) is 10.2 Å². The third kappa shape index (κ3) is 2.59. The van der Waals surface area contributed by atoms with Crippen LogP contribution in [0.4, 0.5) is 9.52 Å². The normalized spacial score (nSPS) is 10.4. The van der Waals surface area contributed by atoms with E-state index in [2.05, 4.69) is 10.2 Å². The lowest BCUT2D eigenvalue weighted by atomic mass is 10.3. The van der Waals surface area contributed by atoms with Crippen LogP contribution in [-0.4, -0.2) is 10.2 Å². The first-order valence-corrected chi connectivity index (χ1v) is 5.50. The van der Waals surface area contributed by atoms with Gasteiger partial charge in [-0.1, -0.05) is 22.9 Å². The minimum Gasteiger partial charge on any atom is -0.485 e. The van der Waals surface area contributed by atoms with Crippen LogP contribution in [0.5, 0.6) is 5.75 Å². The second-order valence-electron chi connectivity index (χ2n) is 2.90. The fraction of sp³-hybridized carbons (Fsp3) is 0.111. The molecular weight excluding hydrogens is 253 g/mol. The van der Waals surface area contributed by atoms with Crippen molar-refractivity contribution in [3.05, 3.63) is 34.0 Å². The van der Waals surface area contributed by atoms with E-state index in [9.17, 15) is 4.39 Å². The van der Waals surface area contributed by atoms with Gasteiger partial charge >= 0.3 is 0 Å². The molecule has 1 heterocycles. The number of nitrogens with two attached hydrogens (primary N) is 1. The molecule has 2 rings (SSSR count). The van der Waals surface area contributed by atoms with Crippen molar-refractivity contribution in [3.8, 4) is 5.75 Å². The monoisotopic (exact) mass is 259 g/mol. The van der Waals surface area contributed by atoms with Crippen LogP contribution in [0.1, 0.15) is 5.01 Å². The average Bonchev–Trinajstić information content (AvgIpc) is 2.66. The molecule has 0 saturated carbocycles. The summed E-state index contributed by atoms with van der Waals surface area (Å²) in [5.41, 5.74) is 5.40. The summed E-state index contributed by atoms with van der Waals surface area (Å²) in [6.45, 7) is 0.165. The van der Waals surface area contributed by atoms with Gasteiger partial charge in [-0.15, -0.1) is 10.2 Å². The number of nitrogens with zero attached hydrogens (tertiary/aromatic N) is 2. The van der Waals surface area contributed by atoms with Crippen molar-refractivity contribution >= 4 is 28.1 Å². The summed E-state index contributed by atoms with van der Waals surface area (Å²) in [6, 6.07) is 3.91. The quantitative estimate of drug-likeness (QED) is 0.920. The van der Waals surface area contributed by atoms with Crippen molar-refractivity contribution in [2.45, 2.75) is 6.61 Å². The highest BCUT2D eigenvalue weighted by atomic mass is 35.5. The maximum Gasteiger partial charge on any atom is 0.203 e. The Morgan fingerprint density at radius 1 is 1.44 bits per heavy atom. The number of hydrogen-bond acceptors (Lipinski definition) is 5. The number of ether oxygens (including phenoxy) is 1. The maximum absolute atomic E-state index is 12.9. The number of halogens is 2. The lowest BCUT2D eigenvalue weighted by Gasteiger charge is -2.05. The highest BCUT2D eigenvalue weighted by molar-refractivity contribution is 7.15. The average molecular weight is 260 g/mol. The molecule has 84 valence electrons. The predicted molar refractivity (Wildman–Crippen MR) is 60.1 cm³/mol. The number of benzene rings is 1. The fourth-order valence-electron chi connectivity index (χ4n) is 1.05. The molecule has 0 bridgehead atoms. The van der Waals surface area contributed by atoms with Crippen molar-refractivity contribution in [2.75, 3.05) is 5.73 Å². The van der Waals surface area contributed by atoms with Crippen LogP contribution in [0.2, 0.25) is 5.02 Å². The van der Waals surface area contributed by atoms with Gasteiger partial charge in [0.25, 0.3) is 0 Å². The molecule has 0 radical (unpaired) electrons. The van der Waals surface area contributed by atoms with Crippen molar-refractivity contribution in [2.24, 2.45) is 0 Å². The molecule has 7 heteroatoms. The summed E-state index contributed by atoms with van der Waals surface area (Å²) < 4.78 is 18.2. The summed E-state index contributed by atoms with van der Waals surface area (Å²) in [7, 11) is 0. The van der Waals surface area contributed by atoms with Gasteiger partial charge in [0.15, 0.2) is 5.01 Å². The zero-order valence-electron chi connectivity index (χ0n) is 7.98. The van der Waals surface area contributed by atoms with Crippen molar-refractivity contribution in [1.29, 1.82) is 0 Å². The molecule has 0 aliphatic heterocycles. The Labute approximate surface area is 99.8 Å². The van der Waals surface area contributed by atoms with Crippen molar-refractivity contribution in [3.63, 3.8) is 0 Å². The topological polar surface area (TPSA) is 61.0 Å². The van der Waals surface area contributed by atoms with Gasteiger partial charge in [-0.3, -0.25) is 0 Å². The van der Waals surface area contributed by atoms with E-state index in [0.29, 0.717) is 15.2 Å². The first-order chi connectivity index (χ1) is 7.65. The number of rotatable bonds is 3. The summed E-state index contributed by atoms with van der Waals surface area (Å²) in [5.74, 6) is -0.133. The van der Waals surface area contributed by atoms with E-state index >= 15 is 0 Å². The molecule has 0 aliphatic rings. The SMILES string of the molecule is Nc1nnc(COc2cc(F)ccc2Cl)s1. The molecule has 0 amide bonds. The van der Waals surface area contributed by atoms with Crippen LogP contribution in [0.15, 0.2) is 18.2 Å². The molecule has 4 nitrogen and oxygen atoms in total. The van der Waals surface area contributed by atoms with Gasteiger partial charge in [0.1, 0.15) is 18.2 Å². The van der Waals surface area contributed by atoms with E-state index in [4.69, 9.17) is 22.1 Å². The Morgan fingerprint density at radius 3 is 2.94 bits per heavy atom. The zero-order valence-corrected chi connectivity index (χ0v) is 9.56. The molecule has 0 unspecified atom stereocenters. The van der Waals surface area contributed by atoms with E-state index in [-0.39, 0.29) is 12.4 Å². The van der Waals surface area contributed by atoms with Gasteiger partial charge in [-0.25, -0.2) is 4.39 Å². The van der Waals surface area contributed by atoms with Crippen LogP contribution in [0.3, 0.4) is 0 Å². The number of anilines is 1. The Morgan fingerprint density at radius 2 is 2.25 bits per heavy atom. The molecule has 0 spiro atoms. The Hall–Kier alpha value is -1.40. The molecular formula is C9H7ClFN3OS. The van der Waals surface area contributed by atoms with Crippen LogP contribution in [0, 0.1) is 5.82 Å². The van der Waals surface area contributed by atoms with E-state index in [0.717, 1.165) is 0 Å². The molecule has 0 saturated heterocycles. The van der Waals surface area contributed by atoms with Gasteiger partial charge < -0.3 is 10.5 Å². The Kier molecular flexibility index (Phi) is 3.21. The third-order valence-electron chi connectivity index (χ3n) is 1.73. The first-order valence-electron chi connectivity index (χ1n) is 4.31. The molecule has 0 fully saturated rings. The van der Waals surface area contributed by atoms with Crippen LogP contribution in [-0.2, 0) is 6.61 Å². The highest BCUT2D eigenvalue weighted by Crippen LogP contribution is 2.26. The number of aromatic nitrogens is 2. The second kappa shape index (κ2) is 4.63. The van der Waals surface area contributed by atoms with E-state index in [1.54, 1.807) is 0 Å². The second-order valence-corrected chi connectivity index (χ2v) is 4.40. The summed E-state index contributed by atoms with van der Waals surface area (Å²) in [4.78, 5) is 0. The molecule has 2 aromatic rings. The van der Waals surface area contributed by atoms with E-state index < -0.39 is 5.82 Å². The summed E-state index contributed by atoms with van der Waals surface area (Å²) >= 11 is 7.03. The number of hydrogen-bond donors (Lipinski definition) is 1. The summed E-state index contributed by atoms with van der Waals surface area (Å²) in [6.07, 6.45) is 0. The Balaban J connectivity index is 2.07. The van der Waals surface area contributed by atoms with Gasteiger partial charge in [-0.2, -0.15) is 0 Å². The standard InChI is InChI=1S/C9H7ClFN3OS/c10-6-2-1-5(11)3-7(6)15-4-8-13-14-9(12)16-8/h1-3H,4H2,(H2,12,14). The van der Waals surface area contributed by atoms with Crippen LogP contribution in [0.25, 0.3) is 0 Å². The van der Waals surface area contributed by atoms with Crippen LogP contribution < -0.4 is 10.5 Å². The van der Waals surface area contributed by atoms with Gasteiger partial charge in [0.2, 0.25) is 5.13 Å². The Bertz CT molecular complexity index is 505. The predicted octanol–water partition coefficient (Wildman–Crippen LogP) is 2.49. The number of nitrogen functional groups attached to an aromatic ring is 1. The van der Waals surface area contributed by atoms with Crippen molar-refractivity contribution < 1.29 is 9.13 Å². The zero-order chi connectivity index (χ0) is 11.5. The van der Waals surface area contributed by atoms with Gasteiger partial charge in [-0.05, 0) is 12.1 Å². The van der Waals surface area contributed by atoms with E-state index in [1.807, 2.05) is 0 Å². The minimum atomic E-state index is -0.406. The lowest BCUT2D eigenvalue weighted by molar-refractivity contribution is 0.303. The molecule has 1 aromatic carbocycles. The molecule has 16 heavy (non-hydrogen) atoms.